The fourth-order valence-electron chi connectivity index (χ4n) is 1.28. The minimum absolute atomic E-state index is 0.0619. The summed E-state index contributed by atoms with van der Waals surface area (Å²) in [6, 6.07) is 3.08. The molecule has 1 rings (SSSR count). The zero-order chi connectivity index (χ0) is 12.3. The number of ketones is 1. The second-order valence-electron chi connectivity index (χ2n) is 3.02. The molecule has 86 valence electrons. The molecular formula is C10H10INO4. The van der Waals surface area contributed by atoms with Crippen molar-refractivity contribution in [1.82, 2.24) is 0 Å². The van der Waals surface area contributed by atoms with Crippen LogP contribution in [0.15, 0.2) is 12.1 Å². The molecule has 0 atom stereocenters. The molecule has 0 radical (unpaired) electrons. The molecule has 5 nitrogen and oxygen atoms in total. The first kappa shape index (κ1) is 12.9. The average molecular weight is 335 g/mol. The van der Waals surface area contributed by atoms with Crippen LogP contribution >= 0.6 is 22.6 Å². The molecule has 0 aliphatic heterocycles. The monoisotopic (exact) mass is 335 g/mol. The van der Waals surface area contributed by atoms with Gasteiger partial charge in [-0.3, -0.25) is 14.9 Å². The number of nitro benzene ring substituents is 1. The molecule has 0 saturated carbocycles. The molecule has 0 spiro atoms. The number of nitrogens with zero attached hydrogens (tertiary/aromatic N) is 1. The molecule has 0 amide bonds. The first-order valence-electron chi connectivity index (χ1n) is 4.59. The van der Waals surface area contributed by atoms with E-state index in [-0.39, 0.29) is 29.4 Å². The molecule has 6 heteroatoms. The number of ether oxygens (including phenoxy) is 1. The maximum absolute atomic E-state index is 11.3. The van der Waals surface area contributed by atoms with Crippen LogP contribution in [0.4, 0.5) is 5.69 Å². The summed E-state index contributed by atoms with van der Waals surface area (Å²) in [4.78, 5) is 21.7. The van der Waals surface area contributed by atoms with E-state index in [4.69, 9.17) is 4.74 Å². The van der Waals surface area contributed by atoms with Crippen molar-refractivity contribution in [2.45, 2.75) is 13.8 Å². The van der Waals surface area contributed by atoms with Crippen LogP contribution in [0, 0.1) is 13.7 Å². The number of carbonyl (C=O) groups excluding carboxylic acids is 1. The van der Waals surface area contributed by atoms with Crippen molar-refractivity contribution < 1.29 is 14.5 Å². The lowest BCUT2D eigenvalue weighted by Gasteiger charge is -2.09. The lowest BCUT2D eigenvalue weighted by molar-refractivity contribution is -0.386. The Balaban J connectivity index is 3.49. The van der Waals surface area contributed by atoms with Crippen molar-refractivity contribution in [2.24, 2.45) is 0 Å². The van der Waals surface area contributed by atoms with Crippen molar-refractivity contribution in [3.63, 3.8) is 0 Å². The molecule has 0 saturated heterocycles. The Hall–Kier alpha value is -1.18. The fraction of sp³-hybridized carbons (Fsp3) is 0.300. The summed E-state index contributed by atoms with van der Waals surface area (Å²) in [5.41, 5.74) is 0.101. The van der Waals surface area contributed by atoms with Gasteiger partial charge in [-0.25, -0.2) is 0 Å². The van der Waals surface area contributed by atoms with Crippen LogP contribution in [0.5, 0.6) is 5.75 Å². The predicted octanol–water partition coefficient (Wildman–Crippen LogP) is 2.80. The molecule has 0 fully saturated rings. The van der Waals surface area contributed by atoms with Crippen LogP contribution in [0.25, 0.3) is 0 Å². The van der Waals surface area contributed by atoms with Gasteiger partial charge in [0.15, 0.2) is 5.78 Å². The molecule has 0 N–H and O–H groups in total. The molecule has 0 heterocycles. The molecule has 0 bridgehead atoms. The summed E-state index contributed by atoms with van der Waals surface area (Å²) in [5.74, 6) is -0.185. The van der Waals surface area contributed by atoms with Gasteiger partial charge in [0.05, 0.1) is 20.7 Å². The Morgan fingerprint density at radius 1 is 1.56 bits per heavy atom. The molecule has 1 aromatic carbocycles. The molecule has 0 unspecified atom stereocenters. The molecule has 0 aromatic heterocycles. The average Bonchev–Trinajstić information content (AvgIpc) is 2.17. The van der Waals surface area contributed by atoms with Crippen molar-refractivity contribution >= 4 is 34.1 Å². The van der Waals surface area contributed by atoms with Crippen LogP contribution in [0.3, 0.4) is 0 Å². The second-order valence-corrected chi connectivity index (χ2v) is 4.18. The third kappa shape index (κ3) is 2.49. The van der Waals surface area contributed by atoms with E-state index in [1.54, 1.807) is 13.0 Å². The van der Waals surface area contributed by atoms with Gasteiger partial charge >= 0.3 is 5.69 Å². The second kappa shape index (κ2) is 5.24. The summed E-state index contributed by atoms with van der Waals surface area (Å²) in [6.07, 6.45) is 0. The van der Waals surface area contributed by atoms with E-state index in [0.717, 1.165) is 0 Å². The van der Waals surface area contributed by atoms with Crippen molar-refractivity contribution in [3.05, 3.63) is 31.4 Å². The first-order chi connectivity index (χ1) is 7.49. The van der Waals surface area contributed by atoms with E-state index in [1.807, 2.05) is 22.6 Å². The Morgan fingerprint density at radius 3 is 2.62 bits per heavy atom. The summed E-state index contributed by atoms with van der Waals surface area (Å²) < 4.78 is 5.66. The largest absolute Gasteiger partial charge is 0.487 e. The van der Waals surface area contributed by atoms with Gasteiger partial charge < -0.3 is 4.74 Å². The number of rotatable bonds is 4. The van der Waals surface area contributed by atoms with Gasteiger partial charge in [-0.05, 0) is 48.6 Å². The first-order valence-corrected chi connectivity index (χ1v) is 5.67. The third-order valence-corrected chi connectivity index (χ3v) is 2.80. The van der Waals surface area contributed by atoms with Crippen LogP contribution in [0.2, 0.25) is 0 Å². The lowest BCUT2D eigenvalue weighted by Crippen LogP contribution is -2.05. The van der Waals surface area contributed by atoms with Crippen LogP contribution in [-0.2, 0) is 0 Å². The topological polar surface area (TPSA) is 69.4 Å². The molecule has 0 aliphatic rings. The van der Waals surface area contributed by atoms with Crippen LogP contribution in [-0.4, -0.2) is 17.3 Å². The zero-order valence-electron chi connectivity index (χ0n) is 8.82. The van der Waals surface area contributed by atoms with Crippen molar-refractivity contribution in [3.8, 4) is 5.75 Å². The highest BCUT2D eigenvalue weighted by Crippen LogP contribution is 2.35. The summed E-state index contributed by atoms with van der Waals surface area (Å²) >= 11 is 1.85. The summed E-state index contributed by atoms with van der Waals surface area (Å²) in [6.45, 7) is 3.35. The fourth-order valence-corrected chi connectivity index (χ4v) is 1.91. The quantitative estimate of drug-likeness (QED) is 0.367. The predicted molar refractivity (Wildman–Crippen MR) is 67.0 cm³/mol. The van der Waals surface area contributed by atoms with Crippen molar-refractivity contribution in [1.29, 1.82) is 0 Å². The van der Waals surface area contributed by atoms with Gasteiger partial charge in [-0.15, -0.1) is 0 Å². The maximum Gasteiger partial charge on any atom is 0.324 e. The normalized spacial score (nSPS) is 9.94. The number of hydrogen-bond acceptors (Lipinski definition) is 4. The van der Waals surface area contributed by atoms with Gasteiger partial charge in [0.25, 0.3) is 0 Å². The number of carbonyl (C=O) groups is 1. The number of Topliss-reactive ketones (excluding diaryl/α,β-unsaturated/α-hetero) is 1. The molecular weight excluding hydrogens is 325 g/mol. The smallest absolute Gasteiger partial charge is 0.324 e. The van der Waals surface area contributed by atoms with Gasteiger partial charge in [0, 0.05) is 0 Å². The Labute approximate surface area is 106 Å². The van der Waals surface area contributed by atoms with Crippen LogP contribution in [0.1, 0.15) is 24.2 Å². The zero-order valence-corrected chi connectivity index (χ0v) is 11.0. The minimum Gasteiger partial charge on any atom is -0.487 e. The van der Waals surface area contributed by atoms with E-state index in [1.165, 1.54) is 13.0 Å². The third-order valence-electron chi connectivity index (χ3n) is 1.93. The van der Waals surface area contributed by atoms with E-state index in [0.29, 0.717) is 3.57 Å². The molecule has 1 aromatic rings. The summed E-state index contributed by atoms with van der Waals surface area (Å²) in [7, 11) is 0. The Kier molecular flexibility index (Phi) is 4.22. The lowest BCUT2D eigenvalue weighted by atomic mass is 10.1. The van der Waals surface area contributed by atoms with Gasteiger partial charge in [0.2, 0.25) is 5.75 Å². The standard InChI is InChI=1S/C10H10INO4/c1-3-16-10-7(6(2)13)4-5-8(11)9(10)12(14)15/h4-5H,3H2,1-2H3. The molecule has 16 heavy (non-hydrogen) atoms. The van der Waals surface area contributed by atoms with Crippen LogP contribution < -0.4 is 4.74 Å². The van der Waals surface area contributed by atoms with Gasteiger partial charge in [0.1, 0.15) is 0 Å². The highest BCUT2D eigenvalue weighted by atomic mass is 127. The summed E-state index contributed by atoms with van der Waals surface area (Å²) in [5, 5.41) is 10.9. The van der Waals surface area contributed by atoms with Crippen molar-refractivity contribution in [2.75, 3.05) is 6.61 Å². The van der Waals surface area contributed by atoms with E-state index in [9.17, 15) is 14.9 Å². The van der Waals surface area contributed by atoms with E-state index in [2.05, 4.69) is 0 Å². The van der Waals surface area contributed by atoms with Gasteiger partial charge in [-0.1, -0.05) is 0 Å². The SMILES string of the molecule is CCOc1c(C(C)=O)ccc(I)c1[N+](=O)[O-]. The number of hydrogen-bond donors (Lipinski definition) is 0. The highest BCUT2D eigenvalue weighted by molar-refractivity contribution is 14.1. The van der Waals surface area contributed by atoms with E-state index >= 15 is 0 Å². The van der Waals surface area contributed by atoms with Gasteiger partial charge in [-0.2, -0.15) is 0 Å². The Bertz CT molecular complexity index is 445. The number of nitro groups is 1. The molecule has 0 aliphatic carbocycles. The number of halogens is 1. The number of benzene rings is 1. The Morgan fingerprint density at radius 2 is 2.19 bits per heavy atom. The minimum atomic E-state index is -0.529. The van der Waals surface area contributed by atoms with E-state index < -0.39 is 4.92 Å². The maximum atomic E-state index is 11.3. The highest BCUT2D eigenvalue weighted by Gasteiger charge is 2.24.